The van der Waals surface area contributed by atoms with Gasteiger partial charge in [0.1, 0.15) is 17.8 Å². The summed E-state index contributed by atoms with van der Waals surface area (Å²) >= 11 is 3.58. The monoisotopic (exact) mass is 596 g/mol. The van der Waals surface area contributed by atoms with Crippen LogP contribution in [0.15, 0.2) is 63.7 Å². The minimum Gasteiger partial charge on any atom is -0.463 e. The molecule has 0 bridgehead atoms. The molecule has 39 heavy (non-hydrogen) atoms. The molecule has 9 heteroatoms. The van der Waals surface area contributed by atoms with Crippen molar-refractivity contribution >= 4 is 45.0 Å². The van der Waals surface area contributed by atoms with Crippen molar-refractivity contribution in [1.29, 1.82) is 0 Å². The minimum atomic E-state index is -0.612. The van der Waals surface area contributed by atoms with E-state index in [2.05, 4.69) is 15.9 Å². The first-order valence-corrected chi connectivity index (χ1v) is 14.1. The van der Waals surface area contributed by atoms with Gasteiger partial charge in [-0.15, -0.1) is 0 Å². The molecular weight excluding hydrogens is 564 g/mol. The average Bonchev–Trinajstić information content (AvgIpc) is 3.62. The van der Waals surface area contributed by atoms with Gasteiger partial charge in [-0.05, 0) is 91.2 Å². The second-order valence-electron chi connectivity index (χ2n) is 11.3. The molecule has 0 saturated carbocycles. The lowest BCUT2D eigenvalue weighted by Crippen LogP contribution is -2.46. The zero-order chi connectivity index (χ0) is 27.7. The van der Waals surface area contributed by atoms with Crippen molar-refractivity contribution in [2.75, 3.05) is 19.7 Å². The van der Waals surface area contributed by atoms with Gasteiger partial charge >= 0.3 is 12.2 Å². The van der Waals surface area contributed by atoms with E-state index in [9.17, 15) is 14.4 Å². The van der Waals surface area contributed by atoms with E-state index in [1.807, 2.05) is 69.3 Å². The Labute approximate surface area is 236 Å². The van der Waals surface area contributed by atoms with Crippen LogP contribution in [-0.4, -0.2) is 59.2 Å². The van der Waals surface area contributed by atoms with Crippen LogP contribution in [0.25, 0.3) is 11.0 Å². The minimum absolute atomic E-state index is 0.144. The summed E-state index contributed by atoms with van der Waals surface area (Å²) in [7, 11) is 0. The Bertz CT molecular complexity index is 1360. The third-order valence-corrected chi connectivity index (χ3v) is 7.89. The molecule has 2 fully saturated rings. The van der Waals surface area contributed by atoms with E-state index in [4.69, 9.17) is 13.9 Å². The van der Waals surface area contributed by atoms with Crippen LogP contribution < -0.4 is 0 Å². The molecule has 0 N–H and O–H groups in total. The van der Waals surface area contributed by atoms with Gasteiger partial charge < -0.3 is 18.8 Å². The third-order valence-electron chi connectivity index (χ3n) is 7.30. The van der Waals surface area contributed by atoms with E-state index in [1.54, 1.807) is 11.2 Å². The molecule has 0 spiro atoms. The summed E-state index contributed by atoms with van der Waals surface area (Å²) in [6.45, 7) is 6.54. The van der Waals surface area contributed by atoms with Crippen molar-refractivity contribution in [3.8, 4) is 0 Å². The van der Waals surface area contributed by atoms with E-state index in [0.29, 0.717) is 32.4 Å². The maximum absolute atomic E-state index is 14.2. The van der Waals surface area contributed by atoms with Crippen LogP contribution in [0.4, 0.5) is 9.59 Å². The number of halogens is 1. The third kappa shape index (κ3) is 6.13. The van der Waals surface area contributed by atoms with Crippen LogP contribution in [0, 0.1) is 11.8 Å². The largest absolute Gasteiger partial charge is 0.463 e. The number of furan rings is 1. The number of hydrogen-bond donors (Lipinski definition) is 0. The van der Waals surface area contributed by atoms with Crippen LogP contribution >= 0.6 is 15.9 Å². The number of benzene rings is 2. The number of amides is 3. The maximum atomic E-state index is 14.2. The fraction of sp³-hybridized carbons (Fsp3) is 0.433. The second kappa shape index (κ2) is 11.0. The molecule has 0 radical (unpaired) electrons. The highest BCUT2D eigenvalue weighted by Gasteiger charge is 2.45. The number of fused-ring (bicyclic) bond motifs is 1. The van der Waals surface area contributed by atoms with Gasteiger partial charge in [-0.3, -0.25) is 4.79 Å². The molecule has 206 valence electrons. The predicted octanol–water partition coefficient (Wildman–Crippen LogP) is 6.20. The topological polar surface area (TPSA) is 89.3 Å². The van der Waals surface area contributed by atoms with Crippen LogP contribution in [0.5, 0.6) is 0 Å². The molecule has 3 heterocycles. The zero-order valence-electron chi connectivity index (χ0n) is 22.4. The van der Waals surface area contributed by atoms with Crippen molar-refractivity contribution in [2.45, 2.75) is 51.7 Å². The summed E-state index contributed by atoms with van der Waals surface area (Å²) < 4.78 is 17.3. The summed E-state index contributed by atoms with van der Waals surface area (Å²) in [5, 5.41) is 0.926. The zero-order valence-corrected chi connectivity index (χ0v) is 24.0. The average molecular weight is 598 g/mol. The maximum Gasteiger partial charge on any atom is 0.416 e. The highest BCUT2D eigenvalue weighted by molar-refractivity contribution is 9.10. The number of cyclic esters (lactones) is 1. The summed E-state index contributed by atoms with van der Waals surface area (Å²) in [4.78, 5) is 42.9. The summed E-state index contributed by atoms with van der Waals surface area (Å²) in [6, 6.07) is 15.2. The molecule has 0 unspecified atom stereocenters. The fourth-order valence-corrected chi connectivity index (χ4v) is 6.09. The number of carbonyl (C=O) groups excluding carboxylic acids is 3. The van der Waals surface area contributed by atoms with Gasteiger partial charge in [0, 0.05) is 24.4 Å². The number of nitrogens with zero attached hydrogens (tertiary/aromatic N) is 2. The Morgan fingerprint density at radius 1 is 1.13 bits per heavy atom. The summed E-state index contributed by atoms with van der Waals surface area (Å²) in [5.74, 6) is -0.940. The number of likely N-dealkylation sites (tertiary alicyclic amines) is 1. The number of hydrogen-bond acceptors (Lipinski definition) is 6. The van der Waals surface area contributed by atoms with Crippen molar-refractivity contribution in [3.63, 3.8) is 0 Å². The fourth-order valence-electron chi connectivity index (χ4n) is 5.48. The normalized spacial score (nSPS) is 20.4. The first-order chi connectivity index (χ1) is 18.6. The number of carbonyl (C=O) groups is 3. The highest BCUT2D eigenvalue weighted by atomic mass is 79.9. The first-order valence-electron chi connectivity index (χ1n) is 13.3. The second-order valence-corrected chi connectivity index (χ2v) is 12.2. The molecule has 1 aromatic heterocycles. The van der Waals surface area contributed by atoms with E-state index in [-0.39, 0.29) is 30.6 Å². The molecule has 2 aromatic carbocycles. The van der Waals surface area contributed by atoms with Crippen molar-refractivity contribution in [3.05, 3.63) is 70.4 Å². The molecule has 8 nitrogen and oxygen atoms in total. The molecule has 2 aliphatic rings. The summed E-state index contributed by atoms with van der Waals surface area (Å²) in [5.41, 5.74) is 2.10. The van der Waals surface area contributed by atoms with Gasteiger partial charge in [-0.1, -0.05) is 30.3 Å². The molecular formula is C30H33BrN2O6. The van der Waals surface area contributed by atoms with Crippen molar-refractivity contribution < 1.29 is 28.3 Å². The predicted molar refractivity (Wildman–Crippen MR) is 149 cm³/mol. The summed E-state index contributed by atoms with van der Waals surface area (Å²) in [6.07, 6.45) is 2.20. The quantitative estimate of drug-likeness (QED) is 0.336. The Hall–Kier alpha value is -3.33. The van der Waals surface area contributed by atoms with E-state index in [1.165, 1.54) is 4.90 Å². The molecule has 3 atom stereocenters. The van der Waals surface area contributed by atoms with E-state index in [0.717, 1.165) is 26.6 Å². The van der Waals surface area contributed by atoms with Gasteiger partial charge in [0.2, 0.25) is 5.91 Å². The smallest absolute Gasteiger partial charge is 0.416 e. The van der Waals surface area contributed by atoms with Gasteiger partial charge in [0.15, 0.2) is 0 Å². The Kier molecular flexibility index (Phi) is 7.71. The standard InChI is InChI=1S/C30H33BrN2O6/c1-30(2,3)39-28(35)32-11-9-22(17-32)24(15-20-13-21-10-12-37-26(21)25(31)16-20)27(34)33-23(18-38-29(33)36)14-19-7-5-4-6-8-19/h4-8,10,12-13,16,22-24H,9,11,14-15,17-18H2,1-3H3/t22-,23-,24-/m0/s1. The number of rotatable bonds is 6. The first kappa shape index (κ1) is 27.2. The Morgan fingerprint density at radius 3 is 2.64 bits per heavy atom. The Morgan fingerprint density at radius 2 is 1.90 bits per heavy atom. The number of imide groups is 1. The van der Waals surface area contributed by atoms with Crippen molar-refractivity contribution in [2.24, 2.45) is 11.8 Å². The van der Waals surface area contributed by atoms with Crippen LogP contribution in [0.2, 0.25) is 0 Å². The lowest BCUT2D eigenvalue weighted by atomic mass is 9.84. The lowest BCUT2D eigenvalue weighted by Gasteiger charge is -2.29. The van der Waals surface area contributed by atoms with E-state index < -0.39 is 17.6 Å². The van der Waals surface area contributed by atoms with Gasteiger partial charge in [-0.2, -0.15) is 0 Å². The lowest BCUT2D eigenvalue weighted by molar-refractivity contribution is -0.135. The van der Waals surface area contributed by atoms with Gasteiger partial charge in [0.05, 0.1) is 16.8 Å². The Balaban J connectivity index is 1.42. The SMILES string of the molecule is CC(C)(C)OC(=O)N1CC[C@H]([C@H](Cc2cc(Br)c3occc3c2)C(=O)N2C(=O)OC[C@@H]2Cc2ccccc2)C1. The van der Waals surface area contributed by atoms with Gasteiger partial charge in [0.25, 0.3) is 0 Å². The van der Waals surface area contributed by atoms with Gasteiger partial charge in [-0.25, -0.2) is 14.5 Å². The van der Waals surface area contributed by atoms with Crippen LogP contribution in [0.3, 0.4) is 0 Å². The molecule has 2 saturated heterocycles. The molecule has 0 aliphatic carbocycles. The van der Waals surface area contributed by atoms with Crippen LogP contribution in [0.1, 0.15) is 38.3 Å². The van der Waals surface area contributed by atoms with Crippen LogP contribution in [-0.2, 0) is 27.1 Å². The molecule has 2 aliphatic heterocycles. The van der Waals surface area contributed by atoms with Crippen molar-refractivity contribution in [1.82, 2.24) is 9.80 Å². The molecule has 3 aromatic rings. The highest BCUT2D eigenvalue weighted by Crippen LogP contribution is 2.34. The molecule has 3 amide bonds. The number of ether oxygens (including phenoxy) is 2. The molecule has 5 rings (SSSR count). The van der Waals surface area contributed by atoms with E-state index >= 15 is 0 Å².